The Hall–Kier alpha value is -3.02. The molecule has 3 rings (SSSR count). The van der Waals surface area contributed by atoms with Crippen molar-refractivity contribution in [2.75, 3.05) is 18.6 Å². The van der Waals surface area contributed by atoms with Gasteiger partial charge in [-0.15, -0.1) is 0 Å². The largest absolute Gasteiger partial charge is 0.493 e. The highest BCUT2D eigenvalue weighted by atomic mass is 16.5. The SMILES string of the molecule is COc1cc(CN2C(=O)C(NC(C)=O)c3cc(C)cc(C)c32)ccc1OCCC(C)C. The lowest BCUT2D eigenvalue weighted by Crippen LogP contribution is -2.36. The van der Waals surface area contributed by atoms with Crippen LogP contribution in [0, 0.1) is 19.8 Å². The monoisotopic (exact) mass is 424 g/mol. The van der Waals surface area contributed by atoms with Crippen LogP contribution in [0.2, 0.25) is 0 Å². The van der Waals surface area contributed by atoms with E-state index in [0.29, 0.717) is 30.6 Å². The number of ether oxygens (including phenoxy) is 2. The van der Waals surface area contributed by atoms with Gasteiger partial charge in [0.15, 0.2) is 11.5 Å². The number of benzene rings is 2. The molecule has 1 N–H and O–H groups in total. The molecule has 0 saturated heterocycles. The third-order valence-electron chi connectivity index (χ3n) is 5.44. The average molecular weight is 425 g/mol. The van der Waals surface area contributed by atoms with E-state index >= 15 is 0 Å². The standard InChI is InChI=1S/C25H32N2O4/c1-15(2)9-10-31-21-8-7-19(13-22(21)30-6)14-27-24-17(4)11-16(3)12-20(24)23(25(27)29)26-18(5)28/h7-8,11-13,15,23H,9-10,14H2,1-6H3,(H,26,28). The van der Waals surface area contributed by atoms with Crippen molar-refractivity contribution in [3.8, 4) is 11.5 Å². The molecule has 1 aliphatic rings. The Kier molecular flexibility index (Phi) is 6.88. The summed E-state index contributed by atoms with van der Waals surface area (Å²) in [6.07, 6.45) is 0.965. The highest BCUT2D eigenvalue weighted by Crippen LogP contribution is 2.40. The number of nitrogens with zero attached hydrogens (tertiary/aromatic N) is 1. The zero-order valence-electron chi connectivity index (χ0n) is 19.2. The summed E-state index contributed by atoms with van der Waals surface area (Å²) in [5.41, 5.74) is 4.71. The molecule has 1 aliphatic heterocycles. The molecule has 1 heterocycles. The van der Waals surface area contributed by atoms with Gasteiger partial charge in [0, 0.05) is 12.5 Å². The highest BCUT2D eigenvalue weighted by molar-refractivity contribution is 6.06. The normalized spacial score (nSPS) is 15.3. The fourth-order valence-corrected chi connectivity index (χ4v) is 4.00. The van der Waals surface area contributed by atoms with E-state index in [9.17, 15) is 9.59 Å². The molecule has 0 saturated carbocycles. The van der Waals surface area contributed by atoms with Gasteiger partial charge in [0.1, 0.15) is 6.04 Å². The first-order valence-corrected chi connectivity index (χ1v) is 10.7. The van der Waals surface area contributed by atoms with E-state index in [1.165, 1.54) is 6.92 Å². The van der Waals surface area contributed by atoms with E-state index in [1.807, 2.05) is 38.1 Å². The molecule has 6 heteroatoms. The van der Waals surface area contributed by atoms with E-state index in [2.05, 4.69) is 25.2 Å². The quantitative estimate of drug-likeness (QED) is 0.679. The number of amides is 2. The topological polar surface area (TPSA) is 67.9 Å². The molecule has 1 atom stereocenters. The molecule has 31 heavy (non-hydrogen) atoms. The first-order chi connectivity index (χ1) is 14.7. The summed E-state index contributed by atoms with van der Waals surface area (Å²) in [7, 11) is 1.62. The second-order valence-electron chi connectivity index (χ2n) is 8.59. The van der Waals surface area contributed by atoms with Gasteiger partial charge in [0.2, 0.25) is 5.91 Å². The number of aryl methyl sites for hydroxylation is 2. The fourth-order valence-electron chi connectivity index (χ4n) is 4.00. The van der Waals surface area contributed by atoms with Gasteiger partial charge < -0.3 is 19.7 Å². The summed E-state index contributed by atoms with van der Waals surface area (Å²) in [4.78, 5) is 26.7. The maximum Gasteiger partial charge on any atom is 0.254 e. The van der Waals surface area contributed by atoms with E-state index < -0.39 is 6.04 Å². The third-order valence-corrected chi connectivity index (χ3v) is 5.44. The number of fused-ring (bicyclic) bond motifs is 1. The number of rotatable bonds is 8. The van der Waals surface area contributed by atoms with E-state index in [-0.39, 0.29) is 11.8 Å². The lowest BCUT2D eigenvalue weighted by atomic mass is 10.0. The van der Waals surface area contributed by atoms with Crippen molar-refractivity contribution in [1.29, 1.82) is 0 Å². The molecule has 0 aromatic heterocycles. The first-order valence-electron chi connectivity index (χ1n) is 10.7. The molecule has 2 amide bonds. The molecule has 0 fully saturated rings. The van der Waals surface area contributed by atoms with Crippen molar-refractivity contribution in [2.24, 2.45) is 5.92 Å². The van der Waals surface area contributed by atoms with Crippen LogP contribution in [0.1, 0.15) is 55.5 Å². The summed E-state index contributed by atoms with van der Waals surface area (Å²) < 4.78 is 11.4. The van der Waals surface area contributed by atoms with Gasteiger partial charge in [-0.05, 0) is 49.4 Å². The number of methoxy groups -OCH3 is 1. The highest BCUT2D eigenvalue weighted by Gasteiger charge is 2.39. The van der Waals surface area contributed by atoms with Crippen LogP contribution in [0.5, 0.6) is 11.5 Å². The molecule has 2 aromatic carbocycles. The summed E-state index contributed by atoms with van der Waals surface area (Å²) in [6.45, 7) is 10.7. The Morgan fingerprint density at radius 1 is 1.16 bits per heavy atom. The molecule has 0 radical (unpaired) electrons. The predicted octanol–water partition coefficient (Wildman–Crippen LogP) is 4.46. The van der Waals surface area contributed by atoms with Crippen molar-refractivity contribution < 1.29 is 19.1 Å². The Morgan fingerprint density at radius 3 is 2.55 bits per heavy atom. The second-order valence-corrected chi connectivity index (χ2v) is 8.59. The number of hydrogen-bond donors (Lipinski definition) is 1. The van der Waals surface area contributed by atoms with Crippen molar-refractivity contribution in [3.63, 3.8) is 0 Å². The molecule has 0 aliphatic carbocycles. The summed E-state index contributed by atoms with van der Waals surface area (Å²) in [5.74, 6) is 1.55. The minimum Gasteiger partial charge on any atom is -0.493 e. The van der Waals surface area contributed by atoms with Crippen LogP contribution in [-0.4, -0.2) is 25.5 Å². The summed E-state index contributed by atoms with van der Waals surface area (Å²) in [6, 6.07) is 9.13. The number of hydrogen-bond acceptors (Lipinski definition) is 4. The summed E-state index contributed by atoms with van der Waals surface area (Å²) in [5, 5.41) is 2.81. The Bertz CT molecular complexity index is 984. The fraction of sp³-hybridized carbons (Fsp3) is 0.440. The van der Waals surface area contributed by atoms with Gasteiger partial charge in [-0.1, -0.05) is 37.6 Å². The molecule has 166 valence electrons. The van der Waals surface area contributed by atoms with Crippen LogP contribution in [0.3, 0.4) is 0 Å². The maximum absolute atomic E-state index is 13.2. The van der Waals surface area contributed by atoms with E-state index in [1.54, 1.807) is 12.0 Å². The average Bonchev–Trinajstić information content (AvgIpc) is 2.94. The van der Waals surface area contributed by atoms with Crippen molar-refractivity contribution in [1.82, 2.24) is 5.32 Å². The second kappa shape index (κ2) is 9.41. The van der Waals surface area contributed by atoms with Gasteiger partial charge in [-0.2, -0.15) is 0 Å². The van der Waals surface area contributed by atoms with Crippen LogP contribution < -0.4 is 19.7 Å². The summed E-state index contributed by atoms with van der Waals surface area (Å²) >= 11 is 0. The Labute approximate surface area is 184 Å². The van der Waals surface area contributed by atoms with Crippen LogP contribution in [0.25, 0.3) is 0 Å². The minimum absolute atomic E-state index is 0.130. The third kappa shape index (κ3) is 5.01. The molecule has 0 spiro atoms. The Morgan fingerprint density at radius 2 is 1.90 bits per heavy atom. The van der Waals surface area contributed by atoms with Crippen LogP contribution in [-0.2, 0) is 16.1 Å². The molecular weight excluding hydrogens is 392 g/mol. The molecule has 0 bridgehead atoms. The van der Waals surface area contributed by atoms with Gasteiger partial charge in [-0.25, -0.2) is 0 Å². The predicted molar refractivity (Wildman–Crippen MR) is 122 cm³/mol. The van der Waals surface area contributed by atoms with E-state index in [0.717, 1.165) is 34.4 Å². The van der Waals surface area contributed by atoms with Gasteiger partial charge in [-0.3, -0.25) is 9.59 Å². The lowest BCUT2D eigenvalue weighted by Gasteiger charge is -2.21. The zero-order valence-corrected chi connectivity index (χ0v) is 19.2. The maximum atomic E-state index is 13.2. The number of nitrogens with one attached hydrogen (secondary N) is 1. The van der Waals surface area contributed by atoms with Crippen LogP contribution in [0.15, 0.2) is 30.3 Å². The van der Waals surface area contributed by atoms with Crippen molar-refractivity contribution in [2.45, 2.75) is 53.6 Å². The molecule has 1 unspecified atom stereocenters. The molecule has 2 aromatic rings. The van der Waals surface area contributed by atoms with Crippen LogP contribution in [0.4, 0.5) is 5.69 Å². The van der Waals surface area contributed by atoms with Gasteiger partial charge in [0.25, 0.3) is 5.91 Å². The van der Waals surface area contributed by atoms with E-state index in [4.69, 9.17) is 9.47 Å². The molecular formula is C25H32N2O4. The van der Waals surface area contributed by atoms with Gasteiger partial charge in [0.05, 0.1) is 25.9 Å². The number of anilines is 1. The number of carbonyl (C=O) groups is 2. The molecule has 6 nitrogen and oxygen atoms in total. The van der Waals surface area contributed by atoms with Gasteiger partial charge >= 0.3 is 0 Å². The Balaban J connectivity index is 1.88. The van der Waals surface area contributed by atoms with Crippen molar-refractivity contribution in [3.05, 3.63) is 52.6 Å². The van der Waals surface area contributed by atoms with Crippen molar-refractivity contribution >= 4 is 17.5 Å². The smallest absolute Gasteiger partial charge is 0.254 e. The van der Waals surface area contributed by atoms with Crippen LogP contribution >= 0.6 is 0 Å². The zero-order chi connectivity index (χ0) is 22.7. The number of carbonyl (C=O) groups excluding carboxylic acids is 2. The lowest BCUT2D eigenvalue weighted by molar-refractivity contribution is -0.126. The minimum atomic E-state index is -0.661. The first kappa shape index (κ1) is 22.7.